The second-order valence-corrected chi connectivity index (χ2v) is 5.76. The van der Waals surface area contributed by atoms with Crippen molar-refractivity contribution in [2.75, 3.05) is 5.75 Å². The Morgan fingerprint density at radius 3 is 2.70 bits per heavy atom. The number of carbonyl (C=O) groups is 1. The number of rotatable bonds is 4. The van der Waals surface area contributed by atoms with Crippen molar-refractivity contribution in [1.29, 1.82) is 0 Å². The average molecular weight is 309 g/mol. The van der Waals surface area contributed by atoms with E-state index < -0.39 is 4.92 Å². The lowest BCUT2D eigenvalue weighted by molar-refractivity contribution is -0.384. The van der Waals surface area contributed by atoms with Crippen molar-refractivity contribution in [3.63, 3.8) is 0 Å². The predicted molar refractivity (Wildman–Crippen MR) is 77.7 cm³/mol. The highest BCUT2D eigenvalue weighted by Gasteiger charge is 2.06. The maximum atomic E-state index is 11.7. The Hall–Kier alpha value is -1.93. The molecule has 0 bridgehead atoms. The van der Waals surface area contributed by atoms with Gasteiger partial charge in [0.15, 0.2) is 4.80 Å². The van der Waals surface area contributed by atoms with Crippen LogP contribution in [0.5, 0.6) is 0 Å². The number of non-ortho nitro benzene ring substituents is 1. The number of nitro benzene ring substituents is 1. The average Bonchev–Trinajstić information content (AvgIpc) is 2.82. The summed E-state index contributed by atoms with van der Waals surface area (Å²) in [6, 6.07) is 6.09. The van der Waals surface area contributed by atoms with E-state index in [0.29, 0.717) is 4.80 Å². The number of aromatic nitrogens is 1. The molecule has 1 aromatic carbocycles. The molecule has 1 aromatic heterocycles. The van der Waals surface area contributed by atoms with E-state index in [2.05, 4.69) is 4.99 Å². The minimum Gasteiger partial charge on any atom is -0.327 e. The van der Waals surface area contributed by atoms with Gasteiger partial charge in [-0.3, -0.25) is 14.9 Å². The molecule has 6 nitrogen and oxygen atoms in total. The van der Waals surface area contributed by atoms with Gasteiger partial charge in [0.2, 0.25) is 0 Å². The maximum Gasteiger partial charge on any atom is 0.269 e. The Morgan fingerprint density at radius 1 is 1.45 bits per heavy atom. The molecule has 0 aliphatic carbocycles. The molecule has 0 atom stereocenters. The molecule has 0 saturated heterocycles. The first-order valence-electron chi connectivity index (χ1n) is 5.61. The van der Waals surface area contributed by atoms with Gasteiger partial charge >= 0.3 is 0 Å². The molecule has 1 amide bonds. The Morgan fingerprint density at radius 2 is 2.15 bits per heavy atom. The number of amides is 1. The highest BCUT2D eigenvalue weighted by molar-refractivity contribution is 8.00. The van der Waals surface area contributed by atoms with E-state index in [1.54, 1.807) is 16.7 Å². The van der Waals surface area contributed by atoms with E-state index in [-0.39, 0.29) is 17.3 Å². The zero-order chi connectivity index (χ0) is 14.5. The standard InChI is InChI=1S/C12H11N3O3S2/c1-14-6-7-19-12(14)13-11(16)8-20-10-4-2-9(3-5-10)15(17)18/h2-7H,8H2,1H3. The van der Waals surface area contributed by atoms with Gasteiger partial charge in [0.25, 0.3) is 11.6 Å². The number of nitrogens with zero attached hydrogens (tertiary/aromatic N) is 3. The van der Waals surface area contributed by atoms with E-state index in [9.17, 15) is 14.9 Å². The molecule has 8 heteroatoms. The number of nitro groups is 1. The molecule has 0 N–H and O–H groups in total. The number of benzene rings is 1. The van der Waals surface area contributed by atoms with Gasteiger partial charge in [-0.25, -0.2) is 0 Å². The predicted octanol–water partition coefficient (Wildman–Crippen LogP) is 2.21. The molecule has 1 heterocycles. The minimum absolute atomic E-state index is 0.0379. The first kappa shape index (κ1) is 14.5. The molecule has 0 unspecified atom stereocenters. The number of thiazole rings is 1. The summed E-state index contributed by atoms with van der Waals surface area (Å²) in [4.78, 5) is 27.2. The molecule has 0 aliphatic heterocycles. The summed E-state index contributed by atoms with van der Waals surface area (Å²) < 4.78 is 1.78. The Kier molecular flexibility index (Phi) is 4.70. The van der Waals surface area contributed by atoms with Crippen LogP contribution in [0, 0.1) is 10.1 Å². The summed E-state index contributed by atoms with van der Waals surface area (Å²) in [6.07, 6.45) is 1.83. The number of thioether (sulfide) groups is 1. The third kappa shape index (κ3) is 3.78. The molecule has 0 aliphatic rings. The van der Waals surface area contributed by atoms with Gasteiger partial charge < -0.3 is 4.57 Å². The first-order chi connectivity index (χ1) is 9.56. The third-order valence-electron chi connectivity index (χ3n) is 2.39. The smallest absolute Gasteiger partial charge is 0.269 e. The number of hydrogen-bond donors (Lipinski definition) is 0. The lowest BCUT2D eigenvalue weighted by atomic mass is 10.3. The molecule has 0 spiro atoms. The van der Waals surface area contributed by atoms with Crippen molar-refractivity contribution in [3.05, 3.63) is 50.8 Å². The first-order valence-corrected chi connectivity index (χ1v) is 7.48. The topological polar surface area (TPSA) is 77.5 Å². The van der Waals surface area contributed by atoms with Gasteiger partial charge in [-0.2, -0.15) is 4.99 Å². The Bertz CT molecular complexity index is 688. The lowest BCUT2D eigenvalue weighted by Crippen LogP contribution is -2.13. The van der Waals surface area contributed by atoms with Gasteiger partial charge in [0.05, 0.1) is 10.7 Å². The molecular weight excluding hydrogens is 298 g/mol. The molecular formula is C12H11N3O3S2. The van der Waals surface area contributed by atoms with Gasteiger partial charge in [-0.1, -0.05) is 0 Å². The van der Waals surface area contributed by atoms with Crippen molar-refractivity contribution in [2.24, 2.45) is 12.0 Å². The Labute approximate surface area is 122 Å². The van der Waals surface area contributed by atoms with Crippen LogP contribution in [0.2, 0.25) is 0 Å². The van der Waals surface area contributed by atoms with Crippen molar-refractivity contribution in [2.45, 2.75) is 4.90 Å². The fourth-order valence-electron chi connectivity index (χ4n) is 1.38. The number of aryl methyl sites for hydroxylation is 1. The molecule has 2 rings (SSSR count). The lowest BCUT2D eigenvalue weighted by Gasteiger charge is -1.98. The SMILES string of the molecule is Cn1ccsc1=NC(=O)CSc1ccc([N+](=O)[O-])cc1. The van der Waals surface area contributed by atoms with Crippen LogP contribution in [0.1, 0.15) is 0 Å². The Balaban J connectivity index is 1.97. The zero-order valence-corrected chi connectivity index (χ0v) is 12.2. The quantitative estimate of drug-likeness (QED) is 0.493. The van der Waals surface area contributed by atoms with Gasteiger partial charge in [0, 0.05) is 35.7 Å². The second kappa shape index (κ2) is 6.49. The van der Waals surface area contributed by atoms with E-state index in [1.807, 2.05) is 18.6 Å². The summed E-state index contributed by atoms with van der Waals surface area (Å²) in [5.41, 5.74) is 0.0379. The number of hydrogen-bond acceptors (Lipinski definition) is 5. The summed E-state index contributed by atoms with van der Waals surface area (Å²) in [5, 5.41) is 12.4. The normalized spacial score (nSPS) is 11.6. The molecule has 104 valence electrons. The van der Waals surface area contributed by atoms with Crippen LogP contribution in [0.3, 0.4) is 0 Å². The molecule has 2 aromatic rings. The van der Waals surface area contributed by atoms with Crippen LogP contribution in [0.4, 0.5) is 5.69 Å². The van der Waals surface area contributed by atoms with Gasteiger partial charge in [-0.15, -0.1) is 23.1 Å². The highest BCUT2D eigenvalue weighted by atomic mass is 32.2. The summed E-state index contributed by atoms with van der Waals surface area (Å²) in [7, 11) is 1.83. The van der Waals surface area contributed by atoms with Gasteiger partial charge in [-0.05, 0) is 12.1 Å². The highest BCUT2D eigenvalue weighted by Crippen LogP contribution is 2.21. The summed E-state index contributed by atoms with van der Waals surface area (Å²) in [5.74, 6) is -0.0261. The molecule has 0 radical (unpaired) electrons. The van der Waals surface area contributed by atoms with Crippen LogP contribution in [0.25, 0.3) is 0 Å². The van der Waals surface area contributed by atoms with E-state index in [1.165, 1.54) is 35.2 Å². The fraction of sp³-hybridized carbons (Fsp3) is 0.167. The van der Waals surface area contributed by atoms with E-state index >= 15 is 0 Å². The summed E-state index contributed by atoms with van der Waals surface area (Å²) >= 11 is 2.70. The van der Waals surface area contributed by atoms with Crippen LogP contribution >= 0.6 is 23.1 Å². The van der Waals surface area contributed by atoms with Crippen molar-refractivity contribution in [1.82, 2.24) is 4.57 Å². The largest absolute Gasteiger partial charge is 0.327 e. The van der Waals surface area contributed by atoms with Crippen molar-refractivity contribution >= 4 is 34.7 Å². The van der Waals surface area contributed by atoms with Crippen LogP contribution in [-0.2, 0) is 11.8 Å². The van der Waals surface area contributed by atoms with Crippen LogP contribution in [0.15, 0.2) is 45.7 Å². The molecule has 0 fully saturated rings. The zero-order valence-electron chi connectivity index (χ0n) is 10.6. The van der Waals surface area contributed by atoms with Crippen LogP contribution in [-0.4, -0.2) is 21.2 Å². The van der Waals surface area contributed by atoms with E-state index in [4.69, 9.17) is 0 Å². The maximum absolute atomic E-state index is 11.7. The molecule has 20 heavy (non-hydrogen) atoms. The van der Waals surface area contributed by atoms with E-state index in [0.717, 1.165) is 4.90 Å². The summed E-state index contributed by atoms with van der Waals surface area (Å²) in [6.45, 7) is 0. The molecule has 0 saturated carbocycles. The van der Waals surface area contributed by atoms with Gasteiger partial charge in [0.1, 0.15) is 0 Å². The number of carbonyl (C=O) groups excluding carboxylic acids is 1. The van der Waals surface area contributed by atoms with Crippen molar-refractivity contribution in [3.8, 4) is 0 Å². The minimum atomic E-state index is -0.453. The van der Waals surface area contributed by atoms with Crippen molar-refractivity contribution < 1.29 is 9.72 Å². The second-order valence-electron chi connectivity index (χ2n) is 3.84. The third-order valence-corrected chi connectivity index (χ3v) is 4.23. The fourth-order valence-corrected chi connectivity index (χ4v) is 2.81. The van der Waals surface area contributed by atoms with Crippen LogP contribution < -0.4 is 4.80 Å². The monoisotopic (exact) mass is 309 g/mol.